The number of hydrogen-bond donors (Lipinski definition) is 2. The highest BCUT2D eigenvalue weighted by Gasteiger charge is 2.11. The molecular weight excluding hydrogens is 359 g/mol. The topological polar surface area (TPSA) is 101 Å². The SMILES string of the molecule is CC(=O)Oc1cc(C(=O)Cl)cc(C(=O)Cl)c1.CC(O)/C=C/C(C)O. The first-order chi connectivity index (χ1) is 11.0. The molecule has 0 aliphatic heterocycles. The summed E-state index contributed by atoms with van der Waals surface area (Å²) in [5.41, 5.74) is 0.0637. The van der Waals surface area contributed by atoms with E-state index in [9.17, 15) is 14.4 Å². The molecule has 0 amide bonds. The maximum Gasteiger partial charge on any atom is 0.308 e. The van der Waals surface area contributed by atoms with Gasteiger partial charge in [0.25, 0.3) is 10.5 Å². The Morgan fingerprint density at radius 2 is 1.33 bits per heavy atom. The van der Waals surface area contributed by atoms with Crippen LogP contribution in [-0.2, 0) is 4.79 Å². The van der Waals surface area contributed by atoms with E-state index in [1.54, 1.807) is 26.0 Å². The Morgan fingerprint density at radius 3 is 1.58 bits per heavy atom. The molecule has 0 fully saturated rings. The van der Waals surface area contributed by atoms with Crippen molar-refractivity contribution < 1.29 is 29.3 Å². The Labute approximate surface area is 149 Å². The van der Waals surface area contributed by atoms with Gasteiger partial charge in [0.2, 0.25) is 0 Å². The van der Waals surface area contributed by atoms with Crippen LogP contribution in [0.25, 0.3) is 0 Å². The molecule has 24 heavy (non-hydrogen) atoms. The van der Waals surface area contributed by atoms with E-state index in [-0.39, 0.29) is 16.9 Å². The first-order valence-corrected chi connectivity index (χ1v) is 7.56. The number of rotatable bonds is 5. The number of aliphatic hydroxyl groups excluding tert-OH is 2. The molecular formula is C16H18Cl2O6. The van der Waals surface area contributed by atoms with Crippen molar-refractivity contribution in [1.29, 1.82) is 0 Å². The lowest BCUT2D eigenvalue weighted by molar-refractivity contribution is -0.131. The Morgan fingerprint density at radius 1 is 0.958 bits per heavy atom. The molecule has 0 aliphatic rings. The average molecular weight is 377 g/mol. The van der Waals surface area contributed by atoms with Crippen LogP contribution in [0.2, 0.25) is 0 Å². The van der Waals surface area contributed by atoms with Gasteiger partial charge in [-0.3, -0.25) is 14.4 Å². The van der Waals surface area contributed by atoms with Crippen molar-refractivity contribution in [3.8, 4) is 5.75 Å². The Bertz CT molecular complexity index is 581. The van der Waals surface area contributed by atoms with Gasteiger partial charge < -0.3 is 14.9 Å². The summed E-state index contributed by atoms with van der Waals surface area (Å²) in [6, 6.07) is 3.72. The molecule has 0 saturated heterocycles. The third-order valence-electron chi connectivity index (χ3n) is 2.29. The minimum absolute atomic E-state index is 0.0319. The molecule has 0 bridgehead atoms. The molecule has 2 N–H and O–H groups in total. The molecule has 0 radical (unpaired) electrons. The van der Waals surface area contributed by atoms with Gasteiger partial charge in [0.15, 0.2) is 0 Å². The molecule has 1 rings (SSSR count). The molecule has 0 aromatic heterocycles. The standard InChI is InChI=1S/C10H6Cl2O4.C6H12O2/c1-5(13)16-8-3-6(9(11)14)2-7(4-8)10(12)15;1-5(7)3-4-6(2)8/h2-4H,1H3;3-8H,1-2H3/b;4-3+. The molecule has 6 nitrogen and oxygen atoms in total. The second kappa shape index (κ2) is 10.9. The van der Waals surface area contributed by atoms with Crippen LogP contribution in [0.4, 0.5) is 0 Å². The predicted octanol–water partition coefficient (Wildman–Crippen LogP) is 2.67. The largest absolute Gasteiger partial charge is 0.427 e. The predicted molar refractivity (Wildman–Crippen MR) is 90.6 cm³/mol. The van der Waals surface area contributed by atoms with Crippen molar-refractivity contribution in [3.63, 3.8) is 0 Å². The first-order valence-electron chi connectivity index (χ1n) is 6.80. The maximum atomic E-state index is 10.9. The molecule has 0 spiro atoms. The van der Waals surface area contributed by atoms with Crippen molar-refractivity contribution in [2.75, 3.05) is 0 Å². The lowest BCUT2D eigenvalue weighted by Crippen LogP contribution is -2.04. The molecule has 1 aromatic rings. The summed E-state index contributed by atoms with van der Waals surface area (Å²) < 4.78 is 4.74. The van der Waals surface area contributed by atoms with E-state index in [4.69, 9.17) is 38.2 Å². The number of hydrogen-bond acceptors (Lipinski definition) is 6. The fourth-order valence-corrected chi connectivity index (χ4v) is 1.59. The van der Waals surface area contributed by atoms with Crippen LogP contribution in [0.3, 0.4) is 0 Å². The van der Waals surface area contributed by atoms with Gasteiger partial charge in [-0.1, -0.05) is 12.2 Å². The molecule has 0 aliphatic carbocycles. The van der Waals surface area contributed by atoms with Crippen LogP contribution in [0.15, 0.2) is 30.4 Å². The van der Waals surface area contributed by atoms with E-state index in [2.05, 4.69) is 0 Å². The lowest BCUT2D eigenvalue weighted by Gasteiger charge is -2.04. The highest BCUT2D eigenvalue weighted by atomic mass is 35.5. The first kappa shape index (κ1) is 22.3. The van der Waals surface area contributed by atoms with Gasteiger partial charge in [-0.2, -0.15) is 0 Å². The summed E-state index contributed by atoms with van der Waals surface area (Å²) in [4.78, 5) is 32.6. The van der Waals surface area contributed by atoms with Crippen LogP contribution in [-0.4, -0.2) is 38.9 Å². The number of halogens is 2. The number of aliphatic hydroxyl groups is 2. The van der Waals surface area contributed by atoms with Crippen LogP contribution >= 0.6 is 23.2 Å². The Hall–Kier alpha value is -1.73. The van der Waals surface area contributed by atoms with Crippen LogP contribution < -0.4 is 4.74 Å². The minimum Gasteiger partial charge on any atom is -0.427 e. The second-order valence-electron chi connectivity index (χ2n) is 4.75. The molecule has 1 aromatic carbocycles. The number of carbonyl (C=O) groups excluding carboxylic acids is 3. The molecule has 2 unspecified atom stereocenters. The molecule has 2 atom stereocenters. The van der Waals surface area contributed by atoms with Crippen molar-refractivity contribution in [3.05, 3.63) is 41.5 Å². The van der Waals surface area contributed by atoms with Gasteiger partial charge in [-0.15, -0.1) is 0 Å². The minimum atomic E-state index is -0.770. The molecule has 8 heteroatoms. The van der Waals surface area contributed by atoms with Crippen LogP contribution in [0, 0.1) is 0 Å². The van der Waals surface area contributed by atoms with E-state index in [0.717, 1.165) is 0 Å². The third kappa shape index (κ3) is 10.1. The molecule has 132 valence electrons. The zero-order chi connectivity index (χ0) is 18.9. The monoisotopic (exact) mass is 376 g/mol. The van der Waals surface area contributed by atoms with Gasteiger partial charge in [-0.05, 0) is 55.2 Å². The highest BCUT2D eigenvalue weighted by molar-refractivity contribution is 6.69. The Balaban J connectivity index is 0.000000561. The van der Waals surface area contributed by atoms with E-state index in [0.29, 0.717) is 0 Å². The number of benzene rings is 1. The summed E-state index contributed by atoms with van der Waals surface area (Å²) in [5, 5.41) is 15.7. The third-order valence-corrected chi connectivity index (χ3v) is 2.73. The highest BCUT2D eigenvalue weighted by Crippen LogP contribution is 2.20. The lowest BCUT2D eigenvalue weighted by atomic mass is 10.1. The fraction of sp³-hybridized carbons (Fsp3) is 0.312. The Kier molecular flexibility index (Phi) is 10.1. The van der Waals surface area contributed by atoms with Gasteiger partial charge in [0.1, 0.15) is 5.75 Å². The van der Waals surface area contributed by atoms with E-state index < -0.39 is 28.7 Å². The van der Waals surface area contributed by atoms with E-state index >= 15 is 0 Å². The maximum absolute atomic E-state index is 10.9. The van der Waals surface area contributed by atoms with E-state index in [1.165, 1.54) is 25.1 Å². The smallest absolute Gasteiger partial charge is 0.308 e. The van der Waals surface area contributed by atoms with Gasteiger partial charge in [-0.25, -0.2) is 0 Å². The number of carbonyl (C=O) groups is 3. The van der Waals surface area contributed by atoms with Crippen LogP contribution in [0.1, 0.15) is 41.5 Å². The van der Waals surface area contributed by atoms with Gasteiger partial charge >= 0.3 is 5.97 Å². The van der Waals surface area contributed by atoms with Gasteiger partial charge in [0.05, 0.1) is 12.2 Å². The average Bonchev–Trinajstić information content (AvgIpc) is 2.44. The van der Waals surface area contributed by atoms with Crippen LogP contribution in [0.5, 0.6) is 5.75 Å². The van der Waals surface area contributed by atoms with Crippen molar-refractivity contribution in [2.45, 2.75) is 33.0 Å². The van der Waals surface area contributed by atoms with E-state index in [1.807, 2.05) is 0 Å². The zero-order valence-corrected chi connectivity index (χ0v) is 14.8. The summed E-state index contributed by atoms with van der Waals surface area (Å²) in [7, 11) is 0. The number of ether oxygens (including phenoxy) is 1. The van der Waals surface area contributed by atoms with Gasteiger partial charge in [0, 0.05) is 18.1 Å². The molecule has 0 saturated carbocycles. The summed E-state index contributed by atoms with van der Waals surface area (Å²) >= 11 is 10.5. The summed E-state index contributed by atoms with van der Waals surface area (Å²) in [5.74, 6) is -0.532. The normalized spacial score (nSPS) is 12.8. The number of esters is 1. The zero-order valence-electron chi connectivity index (χ0n) is 13.3. The quantitative estimate of drug-likeness (QED) is 0.354. The summed E-state index contributed by atoms with van der Waals surface area (Å²) in [6.07, 6.45) is 2.18. The van der Waals surface area contributed by atoms with Crippen molar-refractivity contribution in [1.82, 2.24) is 0 Å². The van der Waals surface area contributed by atoms with Crippen molar-refractivity contribution >= 4 is 39.7 Å². The second-order valence-corrected chi connectivity index (χ2v) is 5.44. The molecule has 0 heterocycles. The van der Waals surface area contributed by atoms with Crippen molar-refractivity contribution in [2.24, 2.45) is 0 Å². The summed E-state index contributed by atoms with van der Waals surface area (Å²) in [6.45, 7) is 4.47. The fourth-order valence-electron chi connectivity index (χ4n) is 1.37.